The third-order valence-corrected chi connectivity index (χ3v) is 5.74. The van der Waals surface area contributed by atoms with Gasteiger partial charge in [-0.2, -0.15) is 5.10 Å². The van der Waals surface area contributed by atoms with Crippen molar-refractivity contribution in [1.82, 2.24) is 19.7 Å². The number of rotatable bonds is 10. The lowest BCUT2D eigenvalue weighted by atomic mass is 10.1. The minimum absolute atomic E-state index is 0.266. The minimum Gasteiger partial charge on any atom is -0.493 e. The number of fused-ring (bicyclic) bond motifs is 1. The van der Waals surface area contributed by atoms with Crippen LogP contribution in [0.2, 0.25) is 0 Å². The molecule has 0 bridgehead atoms. The summed E-state index contributed by atoms with van der Waals surface area (Å²) >= 11 is 0. The maximum absolute atomic E-state index is 13.3. The molecule has 2 aromatic heterocycles. The summed E-state index contributed by atoms with van der Waals surface area (Å²) in [6.45, 7) is 2.59. The first-order chi connectivity index (χ1) is 17.5. The number of ether oxygens (including phenoxy) is 3. The fourth-order valence-electron chi connectivity index (χ4n) is 4.02. The summed E-state index contributed by atoms with van der Waals surface area (Å²) in [4.78, 5) is 9.59. The van der Waals surface area contributed by atoms with Crippen LogP contribution in [0.15, 0.2) is 36.4 Å². The molecule has 1 N–H and O–H groups in total. The number of benzene rings is 2. The molecular formula is C27H30FN5O3. The van der Waals surface area contributed by atoms with Gasteiger partial charge >= 0.3 is 0 Å². The van der Waals surface area contributed by atoms with Crippen molar-refractivity contribution in [3.8, 4) is 17.2 Å². The Bertz CT molecular complexity index is 1360. The molecule has 0 spiro atoms. The Labute approximate surface area is 209 Å². The van der Waals surface area contributed by atoms with E-state index in [1.807, 2.05) is 31.3 Å². The van der Waals surface area contributed by atoms with E-state index in [-0.39, 0.29) is 5.82 Å². The lowest BCUT2D eigenvalue weighted by Gasteiger charge is -2.13. The van der Waals surface area contributed by atoms with Crippen LogP contribution in [-0.2, 0) is 20.0 Å². The summed E-state index contributed by atoms with van der Waals surface area (Å²) in [7, 11) is 6.62. The van der Waals surface area contributed by atoms with E-state index in [0.717, 1.165) is 40.7 Å². The van der Waals surface area contributed by atoms with Gasteiger partial charge in [0.25, 0.3) is 0 Å². The predicted octanol–water partition coefficient (Wildman–Crippen LogP) is 5.26. The second kappa shape index (κ2) is 11.1. The van der Waals surface area contributed by atoms with Gasteiger partial charge in [-0.05, 0) is 47.9 Å². The van der Waals surface area contributed by atoms with E-state index in [4.69, 9.17) is 24.2 Å². The van der Waals surface area contributed by atoms with Crippen LogP contribution >= 0.6 is 0 Å². The second-order valence-electron chi connectivity index (χ2n) is 8.22. The first-order valence-electron chi connectivity index (χ1n) is 11.7. The molecule has 0 aliphatic rings. The maximum atomic E-state index is 13.3. The lowest BCUT2D eigenvalue weighted by Crippen LogP contribution is -2.06. The van der Waals surface area contributed by atoms with E-state index in [2.05, 4.69) is 17.3 Å². The van der Waals surface area contributed by atoms with Crippen LogP contribution in [0.25, 0.3) is 23.2 Å². The maximum Gasteiger partial charge on any atom is 0.203 e. The van der Waals surface area contributed by atoms with Gasteiger partial charge in [0.15, 0.2) is 23.1 Å². The highest BCUT2D eigenvalue weighted by Crippen LogP contribution is 2.38. The van der Waals surface area contributed by atoms with Crippen molar-refractivity contribution in [3.63, 3.8) is 0 Å². The van der Waals surface area contributed by atoms with Crippen LogP contribution in [0.3, 0.4) is 0 Å². The van der Waals surface area contributed by atoms with Gasteiger partial charge in [-0.25, -0.2) is 14.4 Å². The number of aromatic nitrogens is 4. The molecule has 0 fully saturated rings. The quantitative estimate of drug-likeness (QED) is 0.324. The van der Waals surface area contributed by atoms with E-state index in [9.17, 15) is 4.39 Å². The van der Waals surface area contributed by atoms with Gasteiger partial charge in [-0.15, -0.1) is 0 Å². The zero-order valence-electron chi connectivity index (χ0n) is 21.1. The Kier molecular flexibility index (Phi) is 7.68. The topological polar surface area (TPSA) is 83.3 Å². The molecule has 9 heteroatoms. The molecule has 0 aliphatic heterocycles. The van der Waals surface area contributed by atoms with Gasteiger partial charge in [0.05, 0.1) is 27.0 Å². The van der Waals surface area contributed by atoms with E-state index in [0.29, 0.717) is 35.4 Å². The van der Waals surface area contributed by atoms with Crippen molar-refractivity contribution < 1.29 is 18.6 Å². The number of halogens is 1. The van der Waals surface area contributed by atoms with Crippen molar-refractivity contribution in [2.45, 2.75) is 26.3 Å². The van der Waals surface area contributed by atoms with Crippen LogP contribution in [0.4, 0.5) is 10.2 Å². The molecule has 2 heterocycles. The Hall–Kier alpha value is -4.14. The van der Waals surface area contributed by atoms with Crippen molar-refractivity contribution in [3.05, 3.63) is 64.9 Å². The van der Waals surface area contributed by atoms with Crippen LogP contribution < -0.4 is 19.5 Å². The molecule has 36 heavy (non-hydrogen) atoms. The number of hydrogen-bond acceptors (Lipinski definition) is 7. The number of anilines is 1. The fourth-order valence-corrected chi connectivity index (χ4v) is 4.02. The van der Waals surface area contributed by atoms with Gasteiger partial charge < -0.3 is 19.5 Å². The highest BCUT2D eigenvalue weighted by atomic mass is 19.1. The average Bonchev–Trinajstić information content (AvgIpc) is 3.21. The first kappa shape index (κ1) is 25.0. The first-order valence-corrected chi connectivity index (χ1v) is 11.7. The van der Waals surface area contributed by atoms with Crippen LogP contribution in [-0.4, -0.2) is 41.1 Å². The van der Waals surface area contributed by atoms with Crippen molar-refractivity contribution >= 4 is 29.0 Å². The lowest BCUT2D eigenvalue weighted by molar-refractivity contribution is 0.324. The normalized spacial score (nSPS) is 11.3. The monoisotopic (exact) mass is 491 g/mol. The molecular weight excluding hydrogens is 461 g/mol. The van der Waals surface area contributed by atoms with E-state index < -0.39 is 0 Å². The van der Waals surface area contributed by atoms with Crippen molar-refractivity contribution in [1.29, 1.82) is 0 Å². The fraction of sp³-hybridized carbons (Fsp3) is 0.296. The van der Waals surface area contributed by atoms with Crippen molar-refractivity contribution in [2.24, 2.45) is 7.05 Å². The predicted molar refractivity (Wildman–Crippen MR) is 139 cm³/mol. The zero-order chi connectivity index (χ0) is 25.7. The summed E-state index contributed by atoms with van der Waals surface area (Å²) in [5.74, 6) is 2.58. The molecule has 2 aromatic carbocycles. The number of nitrogens with zero attached hydrogens (tertiary/aromatic N) is 4. The number of hydrogen-bond donors (Lipinski definition) is 1. The Morgan fingerprint density at radius 1 is 0.972 bits per heavy atom. The summed E-state index contributed by atoms with van der Waals surface area (Å²) in [6, 6.07) is 10.1. The van der Waals surface area contributed by atoms with Gasteiger partial charge in [0.1, 0.15) is 16.9 Å². The van der Waals surface area contributed by atoms with Gasteiger partial charge in [0, 0.05) is 13.6 Å². The smallest absolute Gasteiger partial charge is 0.203 e. The standard InChI is InChI=1S/C27H30FN5O3/c1-6-7-20-24-25(33(2)32-20)27(29-16-17-8-11-19(28)12-9-17)31-23(30-24)13-10-18-14-21(34-3)26(36-5)22(15-18)35-4/h8-15H,6-7,16H2,1-5H3,(H,29,30,31)/b13-10+. The molecule has 0 aliphatic carbocycles. The SMILES string of the molecule is CCCc1nn(C)c2c(NCc3ccc(F)cc3)nc(/C=C/c3cc(OC)c(OC)c(OC)c3)nc12. The van der Waals surface area contributed by atoms with Crippen molar-refractivity contribution in [2.75, 3.05) is 26.6 Å². The average molecular weight is 492 g/mol. The summed E-state index contributed by atoms with van der Waals surface area (Å²) in [6.07, 6.45) is 5.49. The minimum atomic E-state index is -0.266. The van der Waals surface area contributed by atoms with E-state index in [1.54, 1.807) is 38.1 Å². The van der Waals surface area contributed by atoms with Gasteiger partial charge in [-0.1, -0.05) is 31.6 Å². The van der Waals surface area contributed by atoms with E-state index >= 15 is 0 Å². The third-order valence-electron chi connectivity index (χ3n) is 5.74. The van der Waals surface area contributed by atoms with Crippen LogP contribution in [0, 0.1) is 5.82 Å². The molecule has 4 rings (SSSR count). The number of methoxy groups -OCH3 is 3. The Morgan fingerprint density at radius 3 is 2.28 bits per heavy atom. The Morgan fingerprint density at radius 2 is 1.67 bits per heavy atom. The molecule has 188 valence electrons. The summed E-state index contributed by atoms with van der Waals surface area (Å²) in [5, 5.41) is 8.07. The molecule has 8 nitrogen and oxygen atoms in total. The highest BCUT2D eigenvalue weighted by Gasteiger charge is 2.17. The summed E-state index contributed by atoms with van der Waals surface area (Å²) < 4.78 is 31.5. The molecule has 4 aromatic rings. The molecule has 0 atom stereocenters. The van der Waals surface area contributed by atoms with Gasteiger partial charge in [0.2, 0.25) is 5.75 Å². The summed E-state index contributed by atoms with van der Waals surface area (Å²) in [5.41, 5.74) is 4.33. The second-order valence-corrected chi connectivity index (χ2v) is 8.22. The Balaban J connectivity index is 1.73. The third kappa shape index (κ3) is 5.25. The zero-order valence-corrected chi connectivity index (χ0v) is 21.1. The molecule has 0 saturated carbocycles. The number of aryl methyl sites for hydroxylation is 2. The largest absolute Gasteiger partial charge is 0.493 e. The van der Waals surface area contributed by atoms with Crippen LogP contribution in [0.1, 0.15) is 36.0 Å². The highest BCUT2D eigenvalue weighted by molar-refractivity contribution is 5.89. The van der Waals surface area contributed by atoms with Gasteiger partial charge in [-0.3, -0.25) is 4.68 Å². The molecule has 0 saturated heterocycles. The molecule has 0 amide bonds. The number of nitrogens with one attached hydrogen (secondary N) is 1. The van der Waals surface area contributed by atoms with Crippen LogP contribution in [0.5, 0.6) is 17.2 Å². The molecule has 0 unspecified atom stereocenters. The van der Waals surface area contributed by atoms with E-state index in [1.165, 1.54) is 12.1 Å². The molecule has 0 radical (unpaired) electrons.